The molecular formula is C10H21N2O+. The van der Waals surface area contributed by atoms with Crippen molar-refractivity contribution in [1.29, 1.82) is 0 Å². The van der Waals surface area contributed by atoms with Crippen LogP contribution in [0.15, 0.2) is 0 Å². The first-order valence-electron chi connectivity index (χ1n) is 5.22. The van der Waals surface area contributed by atoms with Crippen molar-refractivity contribution in [2.75, 3.05) is 39.8 Å². The molecule has 1 unspecified atom stereocenters. The monoisotopic (exact) mass is 185 g/mol. The van der Waals surface area contributed by atoms with Gasteiger partial charge in [0.15, 0.2) is 0 Å². The number of likely N-dealkylation sites (N-methyl/N-ethyl adjacent to an activating group) is 2. The molecule has 1 aliphatic rings. The largest absolute Gasteiger partial charge is 0.319 e. The third-order valence-corrected chi connectivity index (χ3v) is 3.23. The number of likely N-dealkylation sites (tertiary alicyclic amines) is 1. The molecule has 0 aliphatic carbocycles. The molecule has 3 heteroatoms. The highest BCUT2D eigenvalue weighted by atomic mass is 16.2. The number of amides is 1. The van der Waals surface area contributed by atoms with Gasteiger partial charge in [-0.25, -0.2) is 4.79 Å². The second kappa shape index (κ2) is 4.20. The SMILES string of the molecule is CCN(CC)CC[N+]1(C)CCC1=O. The number of β-lactam (4-membered cyclic amide) rings is 1. The summed E-state index contributed by atoms with van der Waals surface area (Å²) >= 11 is 0. The topological polar surface area (TPSA) is 20.3 Å². The Hall–Kier alpha value is -0.410. The highest BCUT2D eigenvalue weighted by Gasteiger charge is 2.41. The van der Waals surface area contributed by atoms with E-state index in [1.165, 1.54) is 0 Å². The van der Waals surface area contributed by atoms with Crippen molar-refractivity contribution in [2.24, 2.45) is 0 Å². The first-order valence-corrected chi connectivity index (χ1v) is 5.22. The molecule has 0 radical (unpaired) electrons. The normalized spacial score (nSPS) is 27.8. The fourth-order valence-electron chi connectivity index (χ4n) is 1.72. The Labute approximate surface area is 80.9 Å². The second-order valence-electron chi connectivity index (χ2n) is 4.01. The van der Waals surface area contributed by atoms with E-state index in [4.69, 9.17) is 0 Å². The van der Waals surface area contributed by atoms with Gasteiger partial charge in [-0.2, -0.15) is 0 Å². The lowest BCUT2D eigenvalue weighted by Crippen LogP contribution is -2.61. The average molecular weight is 185 g/mol. The minimum atomic E-state index is 0.409. The van der Waals surface area contributed by atoms with Gasteiger partial charge in [0.25, 0.3) is 0 Å². The van der Waals surface area contributed by atoms with Gasteiger partial charge in [0.05, 0.1) is 20.1 Å². The van der Waals surface area contributed by atoms with Crippen molar-refractivity contribution in [2.45, 2.75) is 20.3 Å². The van der Waals surface area contributed by atoms with E-state index in [0.717, 1.165) is 39.1 Å². The molecular weight excluding hydrogens is 164 g/mol. The molecule has 0 N–H and O–H groups in total. The predicted molar refractivity (Wildman–Crippen MR) is 53.3 cm³/mol. The predicted octanol–water partition coefficient (Wildman–Crippen LogP) is 0.705. The first kappa shape index (κ1) is 10.7. The molecule has 13 heavy (non-hydrogen) atoms. The Kier molecular flexibility index (Phi) is 3.45. The van der Waals surface area contributed by atoms with Crippen molar-refractivity contribution < 1.29 is 9.28 Å². The minimum absolute atomic E-state index is 0.409. The Bertz CT molecular complexity index is 189. The summed E-state index contributed by atoms with van der Waals surface area (Å²) in [5.74, 6) is 0.409. The Morgan fingerprint density at radius 2 is 2.00 bits per heavy atom. The lowest BCUT2D eigenvalue weighted by molar-refractivity contribution is -0.860. The standard InChI is InChI=1S/C10H21N2O/c1-4-11(5-2)7-9-12(3)8-6-10(12)13/h4-9H2,1-3H3/q+1. The molecule has 1 heterocycles. The van der Waals surface area contributed by atoms with E-state index in [9.17, 15) is 4.79 Å². The molecule has 76 valence electrons. The molecule has 0 aromatic heterocycles. The maximum atomic E-state index is 11.3. The molecule has 0 spiro atoms. The van der Waals surface area contributed by atoms with Gasteiger partial charge >= 0.3 is 5.91 Å². The quantitative estimate of drug-likeness (QED) is 0.464. The van der Waals surface area contributed by atoms with E-state index >= 15 is 0 Å². The fraction of sp³-hybridized carbons (Fsp3) is 0.900. The lowest BCUT2D eigenvalue weighted by atomic mass is 10.1. The molecule has 1 rings (SSSR count). The van der Waals surface area contributed by atoms with Gasteiger partial charge in [-0.15, -0.1) is 0 Å². The highest BCUT2D eigenvalue weighted by molar-refractivity contribution is 5.73. The summed E-state index contributed by atoms with van der Waals surface area (Å²) < 4.78 is 0.663. The van der Waals surface area contributed by atoms with Crippen LogP contribution in [0.4, 0.5) is 0 Å². The van der Waals surface area contributed by atoms with E-state index in [1.807, 2.05) is 0 Å². The van der Waals surface area contributed by atoms with Crippen molar-refractivity contribution in [3.8, 4) is 0 Å². The number of quaternary nitrogens is 1. The third kappa shape index (κ3) is 2.29. The van der Waals surface area contributed by atoms with Crippen LogP contribution in [0.3, 0.4) is 0 Å². The number of hydrogen-bond acceptors (Lipinski definition) is 2. The van der Waals surface area contributed by atoms with Crippen LogP contribution in [-0.4, -0.2) is 55.1 Å². The smallest absolute Gasteiger partial charge is 0.298 e. The number of rotatable bonds is 5. The van der Waals surface area contributed by atoms with Gasteiger partial charge in [-0.3, -0.25) is 9.38 Å². The van der Waals surface area contributed by atoms with Crippen LogP contribution in [0.2, 0.25) is 0 Å². The zero-order chi connectivity index (χ0) is 9.90. The molecule has 1 amide bonds. The minimum Gasteiger partial charge on any atom is -0.298 e. The van der Waals surface area contributed by atoms with Crippen LogP contribution < -0.4 is 0 Å². The average Bonchev–Trinajstić information content (AvgIpc) is 2.16. The zero-order valence-electron chi connectivity index (χ0n) is 9.05. The van der Waals surface area contributed by atoms with Gasteiger partial charge in [0.2, 0.25) is 0 Å². The number of carbonyl (C=O) groups is 1. The van der Waals surface area contributed by atoms with Crippen LogP contribution >= 0.6 is 0 Å². The molecule has 0 saturated carbocycles. The van der Waals surface area contributed by atoms with Crippen LogP contribution in [-0.2, 0) is 4.79 Å². The maximum absolute atomic E-state index is 11.3. The molecule has 1 fully saturated rings. The Morgan fingerprint density at radius 1 is 1.38 bits per heavy atom. The Morgan fingerprint density at radius 3 is 2.31 bits per heavy atom. The summed E-state index contributed by atoms with van der Waals surface area (Å²) in [6, 6.07) is 0. The second-order valence-corrected chi connectivity index (χ2v) is 4.01. The van der Waals surface area contributed by atoms with Crippen LogP contribution in [0.25, 0.3) is 0 Å². The van der Waals surface area contributed by atoms with Crippen LogP contribution in [0.5, 0.6) is 0 Å². The van der Waals surface area contributed by atoms with E-state index in [2.05, 4.69) is 25.8 Å². The van der Waals surface area contributed by atoms with Gasteiger partial charge in [0, 0.05) is 6.54 Å². The Balaban J connectivity index is 2.29. The molecule has 1 aliphatic heterocycles. The van der Waals surface area contributed by atoms with Crippen molar-refractivity contribution in [3.63, 3.8) is 0 Å². The summed E-state index contributed by atoms with van der Waals surface area (Å²) in [5, 5.41) is 0. The van der Waals surface area contributed by atoms with E-state index in [0.29, 0.717) is 10.4 Å². The number of nitrogens with zero attached hydrogens (tertiary/aromatic N) is 2. The van der Waals surface area contributed by atoms with Crippen LogP contribution in [0, 0.1) is 0 Å². The maximum Gasteiger partial charge on any atom is 0.319 e. The number of carbonyl (C=O) groups excluding carboxylic acids is 1. The van der Waals surface area contributed by atoms with Gasteiger partial charge in [-0.1, -0.05) is 13.8 Å². The van der Waals surface area contributed by atoms with Crippen LogP contribution in [0.1, 0.15) is 20.3 Å². The summed E-state index contributed by atoms with van der Waals surface area (Å²) in [7, 11) is 2.05. The summed E-state index contributed by atoms with van der Waals surface area (Å²) in [6.45, 7) is 9.59. The van der Waals surface area contributed by atoms with Crippen molar-refractivity contribution in [1.82, 2.24) is 4.90 Å². The molecule has 0 bridgehead atoms. The molecule has 0 aromatic carbocycles. The van der Waals surface area contributed by atoms with E-state index in [1.54, 1.807) is 0 Å². The molecule has 0 aromatic rings. The molecule has 3 nitrogen and oxygen atoms in total. The molecule has 1 atom stereocenters. The van der Waals surface area contributed by atoms with E-state index < -0.39 is 0 Å². The van der Waals surface area contributed by atoms with Crippen molar-refractivity contribution >= 4 is 5.91 Å². The highest BCUT2D eigenvalue weighted by Crippen LogP contribution is 2.17. The summed E-state index contributed by atoms with van der Waals surface area (Å²) in [4.78, 5) is 13.7. The summed E-state index contributed by atoms with van der Waals surface area (Å²) in [5.41, 5.74) is 0. The van der Waals surface area contributed by atoms with Gasteiger partial charge in [0.1, 0.15) is 6.42 Å². The van der Waals surface area contributed by atoms with Gasteiger partial charge < -0.3 is 0 Å². The van der Waals surface area contributed by atoms with Gasteiger partial charge in [-0.05, 0) is 13.1 Å². The fourth-order valence-corrected chi connectivity index (χ4v) is 1.72. The first-order chi connectivity index (χ1) is 6.12. The lowest BCUT2D eigenvalue weighted by Gasteiger charge is -2.39. The van der Waals surface area contributed by atoms with E-state index in [-0.39, 0.29) is 0 Å². The van der Waals surface area contributed by atoms with Crippen molar-refractivity contribution in [3.05, 3.63) is 0 Å². The number of hydrogen-bond donors (Lipinski definition) is 0. The molecule has 1 saturated heterocycles. The third-order valence-electron chi connectivity index (χ3n) is 3.23. The zero-order valence-corrected chi connectivity index (χ0v) is 9.05. The summed E-state index contributed by atoms with van der Waals surface area (Å²) in [6.07, 6.45) is 0.786.